The SMILES string of the molecule is CC(=O)CC(=O)Nc1ccc(C(F)(F)F)cc1. The van der Waals surface area contributed by atoms with Crippen LogP contribution in [0.4, 0.5) is 18.9 Å². The molecule has 1 aromatic carbocycles. The second-order valence-electron chi connectivity index (χ2n) is 3.50. The number of nitrogens with one attached hydrogen (secondary N) is 1. The second-order valence-corrected chi connectivity index (χ2v) is 3.50. The molecule has 0 saturated carbocycles. The van der Waals surface area contributed by atoms with Crippen molar-refractivity contribution in [3.8, 4) is 0 Å². The van der Waals surface area contributed by atoms with E-state index < -0.39 is 17.6 Å². The van der Waals surface area contributed by atoms with Crippen molar-refractivity contribution < 1.29 is 22.8 Å². The topological polar surface area (TPSA) is 46.2 Å². The van der Waals surface area contributed by atoms with Gasteiger partial charge in [-0.15, -0.1) is 0 Å². The summed E-state index contributed by atoms with van der Waals surface area (Å²) in [6.07, 6.45) is -4.69. The fraction of sp³-hybridized carbons (Fsp3) is 0.273. The molecule has 1 rings (SSSR count). The number of rotatable bonds is 3. The number of hydrogen-bond acceptors (Lipinski definition) is 2. The predicted octanol–water partition coefficient (Wildman–Crippen LogP) is 2.62. The van der Waals surface area contributed by atoms with E-state index in [0.29, 0.717) is 0 Å². The monoisotopic (exact) mass is 245 g/mol. The molecule has 0 unspecified atom stereocenters. The Balaban J connectivity index is 2.69. The van der Waals surface area contributed by atoms with E-state index in [1.54, 1.807) is 0 Å². The van der Waals surface area contributed by atoms with Gasteiger partial charge in [-0.05, 0) is 31.2 Å². The van der Waals surface area contributed by atoms with Crippen molar-refractivity contribution in [1.82, 2.24) is 0 Å². The highest BCUT2D eigenvalue weighted by atomic mass is 19.4. The van der Waals surface area contributed by atoms with Crippen molar-refractivity contribution >= 4 is 17.4 Å². The number of amides is 1. The van der Waals surface area contributed by atoms with Gasteiger partial charge in [0.05, 0.1) is 12.0 Å². The van der Waals surface area contributed by atoms with Crippen LogP contribution >= 0.6 is 0 Å². The van der Waals surface area contributed by atoms with Gasteiger partial charge >= 0.3 is 6.18 Å². The van der Waals surface area contributed by atoms with E-state index in [1.807, 2.05) is 0 Å². The largest absolute Gasteiger partial charge is 0.416 e. The van der Waals surface area contributed by atoms with Crippen LogP contribution in [0.15, 0.2) is 24.3 Å². The van der Waals surface area contributed by atoms with Crippen molar-refractivity contribution in [2.45, 2.75) is 19.5 Å². The normalized spacial score (nSPS) is 11.1. The van der Waals surface area contributed by atoms with Crippen molar-refractivity contribution in [3.05, 3.63) is 29.8 Å². The molecule has 0 atom stereocenters. The third-order valence-corrected chi connectivity index (χ3v) is 1.91. The highest BCUT2D eigenvalue weighted by Gasteiger charge is 2.29. The van der Waals surface area contributed by atoms with E-state index in [4.69, 9.17) is 0 Å². The maximum atomic E-state index is 12.2. The molecule has 0 aliphatic heterocycles. The molecule has 0 bridgehead atoms. The molecule has 0 spiro atoms. The molecule has 0 fully saturated rings. The molecule has 0 saturated heterocycles. The molecule has 1 N–H and O–H groups in total. The number of carbonyl (C=O) groups is 2. The van der Waals surface area contributed by atoms with Crippen LogP contribution in [0.3, 0.4) is 0 Å². The standard InChI is InChI=1S/C11H10F3NO2/c1-7(16)6-10(17)15-9-4-2-8(3-5-9)11(12,13)14/h2-5H,6H2,1H3,(H,15,17). The van der Waals surface area contributed by atoms with Gasteiger partial charge in [-0.3, -0.25) is 9.59 Å². The van der Waals surface area contributed by atoms with Gasteiger partial charge in [-0.25, -0.2) is 0 Å². The first-order valence-electron chi connectivity index (χ1n) is 4.75. The summed E-state index contributed by atoms with van der Waals surface area (Å²) in [5, 5.41) is 2.32. The van der Waals surface area contributed by atoms with Crippen LogP contribution in [0.5, 0.6) is 0 Å². The van der Waals surface area contributed by atoms with Gasteiger partial charge in [-0.1, -0.05) is 0 Å². The maximum Gasteiger partial charge on any atom is 0.416 e. The van der Waals surface area contributed by atoms with E-state index in [0.717, 1.165) is 24.3 Å². The summed E-state index contributed by atoms with van der Waals surface area (Å²) in [7, 11) is 0. The zero-order valence-corrected chi connectivity index (χ0v) is 8.97. The number of halogens is 3. The Morgan fingerprint density at radius 1 is 1.18 bits per heavy atom. The Bertz CT molecular complexity index is 423. The Hall–Kier alpha value is -1.85. The molecular weight excluding hydrogens is 235 g/mol. The smallest absolute Gasteiger partial charge is 0.326 e. The van der Waals surface area contributed by atoms with Gasteiger partial charge in [0.2, 0.25) is 5.91 Å². The number of Topliss-reactive ketones (excluding diaryl/α,β-unsaturated/α-hetero) is 1. The minimum Gasteiger partial charge on any atom is -0.326 e. The summed E-state index contributed by atoms with van der Waals surface area (Å²) in [4.78, 5) is 21.8. The average Bonchev–Trinajstić information content (AvgIpc) is 2.15. The number of benzene rings is 1. The molecule has 1 aromatic rings. The number of ketones is 1. The summed E-state index contributed by atoms with van der Waals surface area (Å²) in [6.45, 7) is 1.26. The number of carbonyl (C=O) groups excluding carboxylic acids is 2. The predicted molar refractivity (Wildman–Crippen MR) is 55.4 cm³/mol. The van der Waals surface area contributed by atoms with Crippen LogP contribution in [0.25, 0.3) is 0 Å². The minimum atomic E-state index is -4.40. The van der Waals surface area contributed by atoms with Gasteiger partial charge in [0.1, 0.15) is 5.78 Å². The van der Waals surface area contributed by atoms with E-state index >= 15 is 0 Å². The summed E-state index contributed by atoms with van der Waals surface area (Å²) < 4.78 is 36.7. The lowest BCUT2D eigenvalue weighted by Gasteiger charge is -2.08. The van der Waals surface area contributed by atoms with Crippen LogP contribution < -0.4 is 5.32 Å². The molecule has 1 amide bonds. The van der Waals surface area contributed by atoms with Crippen LogP contribution in [0.2, 0.25) is 0 Å². The molecule has 0 aliphatic carbocycles. The lowest BCUT2D eigenvalue weighted by atomic mass is 10.2. The van der Waals surface area contributed by atoms with E-state index in [9.17, 15) is 22.8 Å². The second kappa shape index (κ2) is 4.99. The zero-order valence-electron chi connectivity index (χ0n) is 8.97. The first-order chi connectivity index (χ1) is 7.79. The van der Waals surface area contributed by atoms with Crippen LogP contribution in [0, 0.1) is 0 Å². The number of alkyl halides is 3. The zero-order chi connectivity index (χ0) is 13.1. The van der Waals surface area contributed by atoms with Crippen LogP contribution in [0.1, 0.15) is 18.9 Å². The van der Waals surface area contributed by atoms with E-state index in [-0.39, 0.29) is 17.9 Å². The third-order valence-electron chi connectivity index (χ3n) is 1.91. The lowest BCUT2D eigenvalue weighted by Crippen LogP contribution is -2.14. The van der Waals surface area contributed by atoms with Crippen molar-refractivity contribution in [2.24, 2.45) is 0 Å². The summed E-state index contributed by atoms with van der Waals surface area (Å²) in [5.74, 6) is -0.855. The Labute approximate surface area is 95.6 Å². The first-order valence-corrected chi connectivity index (χ1v) is 4.75. The van der Waals surface area contributed by atoms with Crippen LogP contribution in [-0.4, -0.2) is 11.7 Å². The van der Waals surface area contributed by atoms with Crippen molar-refractivity contribution in [3.63, 3.8) is 0 Å². The molecule has 92 valence electrons. The molecular formula is C11H10F3NO2. The van der Waals surface area contributed by atoms with Gasteiger partial charge < -0.3 is 5.32 Å². The summed E-state index contributed by atoms with van der Waals surface area (Å²) >= 11 is 0. The van der Waals surface area contributed by atoms with Gasteiger partial charge in [0.25, 0.3) is 0 Å². The number of hydrogen-bond donors (Lipinski definition) is 1. The molecule has 0 heterocycles. The van der Waals surface area contributed by atoms with Crippen molar-refractivity contribution in [1.29, 1.82) is 0 Å². The van der Waals surface area contributed by atoms with Gasteiger partial charge in [-0.2, -0.15) is 13.2 Å². The minimum absolute atomic E-state index is 0.226. The molecule has 6 heteroatoms. The van der Waals surface area contributed by atoms with Gasteiger partial charge in [0, 0.05) is 5.69 Å². The molecule has 0 aliphatic rings. The Morgan fingerprint density at radius 2 is 1.71 bits per heavy atom. The molecule has 17 heavy (non-hydrogen) atoms. The lowest BCUT2D eigenvalue weighted by molar-refractivity contribution is -0.137. The highest BCUT2D eigenvalue weighted by molar-refractivity contribution is 6.03. The fourth-order valence-corrected chi connectivity index (χ4v) is 1.17. The summed E-state index contributed by atoms with van der Waals surface area (Å²) in [5.41, 5.74) is -0.564. The maximum absolute atomic E-state index is 12.2. The van der Waals surface area contributed by atoms with Gasteiger partial charge in [0.15, 0.2) is 0 Å². The molecule has 0 radical (unpaired) electrons. The Kier molecular flexibility index (Phi) is 3.88. The molecule has 0 aromatic heterocycles. The molecule has 3 nitrogen and oxygen atoms in total. The number of anilines is 1. The average molecular weight is 245 g/mol. The fourth-order valence-electron chi connectivity index (χ4n) is 1.17. The van der Waals surface area contributed by atoms with Crippen LogP contribution in [-0.2, 0) is 15.8 Å². The Morgan fingerprint density at radius 3 is 2.12 bits per heavy atom. The highest BCUT2D eigenvalue weighted by Crippen LogP contribution is 2.29. The first kappa shape index (κ1) is 13.2. The van der Waals surface area contributed by atoms with Crippen molar-refractivity contribution in [2.75, 3.05) is 5.32 Å². The van der Waals surface area contributed by atoms with E-state index in [1.165, 1.54) is 6.92 Å². The third kappa shape index (κ3) is 4.26. The van der Waals surface area contributed by atoms with E-state index in [2.05, 4.69) is 5.32 Å². The summed E-state index contributed by atoms with van der Waals surface area (Å²) in [6, 6.07) is 4.01. The quantitative estimate of drug-likeness (QED) is 0.832.